The van der Waals surface area contributed by atoms with Crippen molar-refractivity contribution in [2.24, 2.45) is 0 Å². The van der Waals surface area contributed by atoms with Crippen LogP contribution in [0.15, 0.2) is 42.5 Å². The molecule has 1 atom stereocenters. The SMILES string of the molecule is Cc1ccc(NC(=O)[C@H]2CC(=O)Nc3nc(-c4ccc(Cl)cc4)nn32)cc1[N+](=O)[O-]. The maximum atomic E-state index is 12.9. The lowest BCUT2D eigenvalue weighted by atomic mass is 10.1. The lowest BCUT2D eigenvalue weighted by molar-refractivity contribution is -0.385. The maximum absolute atomic E-state index is 12.9. The molecule has 152 valence electrons. The average Bonchev–Trinajstić information content (AvgIpc) is 3.12. The highest BCUT2D eigenvalue weighted by Crippen LogP contribution is 2.29. The van der Waals surface area contributed by atoms with Gasteiger partial charge in [-0.1, -0.05) is 17.7 Å². The fraction of sp³-hybridized carbons (Fsp3) is 0.158. The molecular weight excluding hydrogens is 412 g/mol. The van der Waals surface area contributed by atoms with Gasteiger partial charge in [0, 0.05) is 27.9 Å². The fourth-order valence-electron chi connectivity index (χ4n) is 3.10. The molecule has 0 unspecified atom stereocenters. The molecule has 0 aliphatic carbocycles. The smallest absolute Gasteiger partial charge is 0.274 e. The molecule has 0 fully saturated rings. The monoisotopic (exact) mass is 426 g/mol. The van der Waals surface area contributed by atoms with Gasteiger partial charge in [0.1, 0.15) is 6.04 Å². The summed E-state index contributed by atoms with van der Waals surface area (Å²) < 4.78 is 1.34. The molecule has 1 aliphatic heterocycles. The molecule has 1 aromatic heterocycles. The minimum Gasteiger partial charge on any atom is -0.324 e. The van der Waals surface area contributed by atoms with E-state index in [9.17, 15) is 19.7 Å². The number of nitrogens with one attached hydrogen (secondary N) is 2. The van der Waals surface area contributed by atoms with Gasteiger partial charge in [-0.15, -0.1) is 5.10 Å². The van der Waals surface area contributed by atoms with E-state index in [-0.39, 0.29) is 29.7 Å². The van der Waals surface area contributed by atoms with Gasteiger partial charge >= 0.3 is 0 Å². The van der Waals surface area contributed by atoms with Gasteiger partial charge in [-0.2, -0.15) is 4.98 Å². The van der Waals surface area contributed by atoms with Gasteiger partial charge in [-0.3, -0.25) is 25.0 Å². The van der Waals surface area contributed by atoms with Crippen LogP contribution in [0.3, 0.4) is 0 Å². The number of halogens is 1. The molecule has 4 rings (SSSR count). The van der Waals surface area contributed by atoms with Crippen molar-refractivity contribution in [3.63, 3.8) is 0 Å². The summed E-state index contributed by atoms with van der Waals surface area (Å²) in [5.41, 5.74) is 1.29. The minimum atomic E-state index is -0.956. The van der Waals surface area contributed by atoms with Crippen molar-refractivity contribution in [2.75, 3.05) is 10.6 Å². The first-order valence-electron chi connectivity index (χ1n) is 8.90. The summed E-state index contributed by atoms with van der Waals surface area (Å²) in [5, 5.41) is 21.3. The molecule has 2 N–H and O–H groups in total. The van der Waals surface area contributed by atoms with Crippen molar-refractivity contribution in [2.45, 2.75) is 19.4 Å². The van der Waals surface area contributed by atoms with E-state index >= 15 is 0 Å². The first kappa shape index (κ1) is 19.5. The number of fused-ring (bicyclic) bond motifs is 1. The summed E-state index contributed by atoms with van der Waals surface area (Å²) in [5.74, 6) is -0.441. The second-order valence-electron chi connectivity index (χ2n) is 6.73. The van der Waals surface area contributed by atoms with Crippen LogP contribution in [-0.2, 0) is 9.59 Å². The zero-order valence-electron chi connectivity index (χ0n) is 15.6. The van der Waals surface area contributed by atoms with Gasteiger partial charge in [0.2, 0.25) is 17.8 Å². The normalized spacial score (nSPS) is 15.3. The summed E-state index contributed by atoms with van der Waals surface area (Å²) in [6, 6.07) is 10.2. The van der Waals surface area contributed by atoms with Crippen molar-refractivity contribution in [1.82, 2.24) is 14.8 Å². The van der Waals surface area contributed by atoms with Crippen LogP contribution in [-0.4, -0.2) is 31.5 Å². The first-order chi connectivity index (χ1) is 14.3. The number of rotatable bonds is 4. The Morgan fingerprint density at radius 2 is 2.03 bits per heavy atom. The number of anilines is 2. The molecule has 0 bridgehead atoms. The average molecular weight is 427 g/mol. The molecule has 3 aromatic rings. The van der Waals surface area contributed by atoms with Gasteiger partial charge in [-0.25, -0.2) is 4.68 Å². The standard InChI is InChI=1S/C19H15ClN6O4/c1-10-2-7-13(8-14(10)26(29)30)21-18(28)15-9-16(27)22-19-23-17(24-25(15)19)11-3-5-12(20)6-4-11/h2-8,15H,9H2,1H3,(H,21,28)(H,22,23,24,27)/t15-/m1/s1. The largest absolute Gasteiger partial charge is 0.324 e. The van der Waals surface area contributed by atoms with Crippen LogP contribution in [0.1, 0.15) is 18.0 Å². The third-order valence-corrected chi connectivity index (χ3v) is 4.89. The number of hydrogen-bond donors (Lipinski definition) is 2. The zero-order valence-corrected chi connectivity index (χ0v) is 16.4. The van der Waals surface area contributed by atoms with Gasteiger partial charge in [-0.05, 0) is 37.3 Å². The van der Waals surface area contributed by atoms with Crippen molar-refractivity contribution in [3.05, 3.63) is 63.2 Å². The number of aryl methyl sites for hydroxylation is 1. The van der Waals surface area contributed by atoms with E-state index in [0.29, 0.717) is 22.0 Å². The molecule has 2 amide bonds. The molecule has 1 aliphatic rings. The third kappa shape index (κ3) is 3.72. The van der Waals surface area contributed by atoms with Crippen LogP contribution in [0.2, 0.25) is 5.02 Å². The highest BCUT2D eigenvalue weighted by atomic mass is 35.5. The number of amides is 2. The van der Waals surface area contributed by atoms with Gasteiger partial charge in [0.25, 0.3) is 5.69 Å². The molecule has 0 saturated heterocycles. The van der Waals surface area contributed by atoms with E-state index in [1.807, 2.05) is 0 Å². The van der Waals surface area contributed by atoms with E-state index < -0.39 is 16.9 Å². The Morgan fingerprint density at radius 3 is 2.73 bits per heavy atom. The van der Waals surface area contributed by atoms with Crippen LogP contribution in [0, 0.1) is 17.0 Å². The summed E-state index contributed by atoms with van der Waals surface area (Å²) in [4.78, 5) is 39.9. The minimum absolute atomic E-state index is 0.111. The number of aromatic nitrogens is 3. The molecule has 2 heterocycles. The molecule has 30 heavy (non-hydrogen) atoms. The van der Waals surface area contributed by atoms with Crippen LogP contribution in [0.4, 0.5) is 17.3 Å². The first-order valence-corrected chi connectivity index (χ1v) is 9.28. The van der Waals surface area contributed by atoms with Gasteiger partial charge in [0.05, 0.1) is 11.3 Å². The number of carbonyl (C=O) groups excluding carboxylic acids is 2. The molecule has 10 nitrogen and oxygen atoms in total. The quantitative estimate of drug-likeness (QED) is 0.485. The van der Waals surface area contributed by atoms with E-state index in [0.717, 1.165) is 0 Å². The Balaban J connectivity index is 1.63. The summed E-state index contributed by atoms with van der Waals surface area (Å²) in [6.07, 6.45) is -0.143. The number of benzene rings is 2. The van der Waals surface area contributed by atoms with Gasteiger partial charge in [0.15, 0.2) is 5.82 Å². The Kier molecular flexibility index (Phi) is 4.92. The highest BCUT2D eigenvalue weighted by molar-refractivity contribution is 6.30. The molecule has 0 spiro atoms. The second kappa shape index (κ2) is 7.56. The lowest BCUT2D eigenvalue weighted by Crippen LogP contribution is -2.36. The number of nitro groups is 1. The van der Waals surface area contributed by atoms with Gasteiger partial charge < -0.3 is 5.32 Å². The van der Waals surface area contributed by atoms with Crippen molar-refractivity contribution in [1.29, 1.82) is 0 Å². The predicted octanol–water partition coefficient (Wildman–Crippen LogP) is 3.34. The second-order valence-corrected chi connectivity index (χ2v) is 7.16. The van der Waals surface area contributed by atoms with E-state index in [4.69, 9.17) is 11.6 Å². The van der Waals surface area contributed by atoms with E-state index in [1.165, 1.54) is 10.7 Å². The van der Waals surface area contributed by atoms with Crippen molar-refractivity contribution < 1.29 is 14.5 Å². The summed E-state index contributed by atoms with van der Waals surface area (Å²) in [7, 11) is 0. The molecule has 0 saturated carbocycles. The topological polar surface area (TPSA) is 132 Å². The van der Waals surface area contributed by atoms with E-state index in [1.54, 1.807) is 43.3 Å². The van der Waals surface area contributed by atoms with Crippen LogP contribution >= 0.6 is 11.6 Å². The molecule has 11 heteroatoms. The van der Waals surface area contributed by atoms with Crippen LogP contribution in [0.5, 0.6) is 0 Å². The third-order valence-electron chi connectivity index (χ3n) is 4.63. The summed E-state index contributed by atoms with van der Waals surface area (Å²) in [6.45, 7) is 1.61. The van der Waals surface area contributed by atoms with Crippen LogP contribution in [0.25, 0.3) is 11.4 Å². The Morgan fingerprint density at radius 1 is 1.30 bits per heavy atom. The van der Waals surface area contributed by atoms with E-state index in [2.05, 4.69) is 20.7 Å². The Hall–Kier alpha value is -3.79. The van der Waals surface area contributed by atoms with Crippen LogP contribution < -0.4 is 10.6 Å². The number of nitro benzene ring substituents is 1. The molecular formula is C19H15ClN6O4. The Bertz CT molecular complexity index is 1170. The molecule has 0 radical (unpaired) electrons. The number of carbonyl (C=O) groups is 2. The zero-order chi connectivity index (χ0) is 21.4. The van der Waals surface area contributed by atoms with Crippen molar-refractivity contribution >= 4 is 40.7 Å². The molecule has 2 aromatic carbocycles. The number of hydrogen-bond acceptors (Lipinski definition) is 6. The summed E-state index contributed by atoms with van der Waals surface area (Å²) >= 11 is 5.90. The maximum Gasteiger partial charge on any atom is 0.274 e. The fourth-order valence-corrected chi connectivity index (χ4v) is 3.22. The lowest BCUT2D eigenvalue weighted by Gasteiger charge is -2.22. The highest BCUT2D eigenvalue weighted by Gasteiger charge is 2.33. The Labute approximate surface area is 175 Å². The van der Waals surface area contributed by atoms with Crippen molar-refractivity contribution in [3.8, 4) is 11.4 Å². The predicted molar refractivity (Wildman–Crippen MR) is 109 cm³/mol. The number of nitrogens with zero attached hydrogens (tertiary/aromatic N) is 4.